The quantitative estimate of drug-likeness (QED) is 0.480. The first kappa shape index (κ1) is 17.5. The Morgan fingerprint density at radius 2 is 1.60 bits per heavy atom. The number of hydrogen-bond donors (Lipinski definition) is 2. The fourth-order valence-electron chi connectivity index (χ4n) is 2.44. The number of thiocarbonyl (C=S) groups is 1. The van der Waals surface area contributed by atoms with Crippen molar-refractivity contribution >= 4 is 40.5 Å². The predicted molar refractivity (Wildman–Crippen MR) is 112 cm³/mol. The molecule has 0 saturated carbocycles. The van der Waals surface area contributed by atoms with Crippen molar-refractivity contribution in [3.63, 3.8) is 0 Å². The van der Waals surface area contributed by atoms with E-state index in [1.54, 1.807) is 11.8 Å². The van der Waals surface area contributed by atoms with Gasteiger partial charge in [0, 0.05) is 28.7 Å². The zero-order chi connectivity index (χ0) is 17.5. The molecule has 0 amide bonds. The Bertz CT molecular complexity index is 833. The van der Waals surface area contributed by atoms with Crippen LogP contribution in [0.4, 0.5) is 11.4 Å². The fourth-order valence-corrected chi connectivity index (χ4v) is 3.13. The highest BCUT2D eigenvalue weighted by molar-refractivity contribution is 7.98. The van der Waals surface area contributed by atoms with E-state index in [9.17, 15) is 0 Å². The van der Waals surface area contributed by atoms with E-state index in [1.807, 2.05) is 48.8 Å². The number of benzene rings is 2. The minimum absolute atomic E-state index is 0.583. The summed E-state index contributed by atoms with van der Waals surface area (Å²) in [6.07, 6.45) is 6.60. The lowest BCUT2D eigenvalue weighted by molar-refractivity contribution is 1.16. The lowest BCUT2D eigenvalue weighted by Crippen LogP contribution is -2.19. The average molecular weight is 366 g/mol. The molecule has 0 radical (unpaired) electrons. The van der Waals surface area contributed by atoms with Gasteiger partial charge in [0.05, 0.1) is 0 Å². The maximum atomic E-state index is 5.40. The summed E-state index contributed by atoms with van der Waals surface area (Å²) in [7, 11) is 0. The molecule has 0 bridgehead atoms. The van der Waals surface area contributed by atoms with Crippen molar-refractivity contribution in [1.82, 2.24) is 4.98 Å². The zero-order valence-corrected chi connectivity index (χ0v) is 15.5. The van der Waals surface area contributed by atoms with Crippen LogP contribution in [0.3, 0.4) is 0 Å². The summed E-state index contributed by atoms with van der Waals surface area (Å²) >= 11 is 7.11. The lowest BCUT2D eigenvalue weighted by Gasteiger charge is -2.12. The van der Waals surface area contributed by atoms with E-state index >= 15 is 0 Å². The number of anilines is 2. The second-order valence-corrected chi connectivity index (χ2v) is 6.83. The maximum Gasteiger partial charge on any atom is 0.175 e. The Kier molecular flexibility index (Phi) is 6.04. The third kappa shape index (κ3) is 5.31. The normalized spacial score (nSPS) is 10.3. The largest absolute Gasteiger partial charge is 0.332 e. The van der Waals surface area contributed by atoms with Gasteiger partial charge in [-0.05, 0) is 78.5 Å². The molecule has 2 aromatic carbocycles. The SMILES string of the molecule is CSc1cccc(NC(=S)Nc2ccc(Cc3ccncc3)cc2)c1. The molecule has 5 heteroatoms. The van der Waals surface area contributed by atoms with Crippen LogP contribution in [0, 0.1) is 0 Å². The van der Waals surface area contributed by atoms with Gasteiger partial charge in [0.1, 0.15) is 0 Å². The monoisotopic (exact) mass is 365 g/mol. The molecule has 0 aliphatic rings. The highest BCUT2D eigenvalue weighted by Gasteiger charge is 2.01. The lowest BCUT2D eigenvalue weighted by atomic mass is 10.1. The number of aromatic nitrogens is 1. The summed E-state index contributed by atoms with van der Waals surface area (Å²) in [4.78, 5) is 5.25. The van der Waals surface area contributed by atoms with Gasteiger partial charge in [-0.15, -0.1) is 11.8 Å². The minimum atomic E-state index is 0.583. The first-order valence-corrected chi connectivity index (χ1v) is 9.56. The second kappa shape index (κ2) is 8.65. The molecule has 1 heterocycles. The minimum Gasteiger partial charge on any atom is -0.332 e. The van der Waals surface area contributed by atoms with E-state index in [0.29, 0.717) is 5.11 Å². The smallest absolute Gasteiger partial charge is 0.175 e. The molecule has 0 atom stereocenters. The van der Waals surface area contributed by atoms with Gasteiger partial charge in [0.2, 0.25) is 0 Å². The highest BCUT2D eigenvalue weighted by atomic mass is 32.2. The molecule has 0 aliphatic heterocycles. The number of pyridine rings is 1. The molecule has 2 N–H and O–H groups in total. The molecule has 3 aromatic rings. The standard InChI is InChI=1S/C20H19N3S2/c1-25-19-4-2-3-18(14-19)23-20(24)22-17-7-5-15(6-8-17)13-16-9-11-21-12-10-16/h2-12,14H,13H2,1H3,(H2,22,23,24). The number of rotatable bonds is 5. The van der Waals surface area contributed by atoms with Crippen molar-refractivity contribution in [2.45, 2.75) is 11.3 Å². The molecule has 0 saturated heterocycles. The van der Waals surface area contributed by atoms with Gasteiger partial charge in [0.15, 0.2) is 5.11 Å². The van der Waals surface area contributed by atoms with Gasteiger partial charge in [-0.2, -0.15) is 0 Å². The first-order valence-electron chi connectivity index (χ1n) is 7.93. The van der Waals surface area contributed by atoms with E-state index in [-0.39, 0.29) is 0 Å². The number of nitrogens with zero attached hydrogens (tertiary/aromatic N) is 1. The van der Waals surface area contributed by atoms with Crippen molar-refractivity contribution in [2.75, 3.05) is 16.9 Å². The van der Waals surface area contributed by atoms with Crippen LogP contribution in [0.5, 0.6) is 0 Å². The van der Waals surface area contributed by atoms with Crippen molar-refractivity contribution in [3.8, 4) is 0 Å². The molecule has 0 aliphatic carbocycles. The Labute approximate surface area is 157 Å². The van der Waals surface area contributed by atoms with Gasteiger partial charge < -0.3 is 10.6 Å². The Morgan fingerprint density at radius 3 is 2.32 bits per heavy atom. The summed E-state index contributed by atoms with van der Waals surface area (Å²) in [5, 5.41) is 7.03. The number of nitrogens with one attached hydrogen (secondary N) is 2. The molecular formula is C20H19N3S2. The maximum absolute atomic E-state index is 5.40. The molecule has 3 nitrogen and oxygen atoms in total. The van der Waals surface area contributed by atoms with E-state index < -0.39 is 0 Å². The molecule has 3 rings (SSSR count). The Hall–Kier alpha value is -2.37. The van der Waals surface area contributed by atoms with Crippen LogP contribution >= 0.6 is 24.0 Å². The summed E-state index contributed by atoms with van der Waals surface area (Å²) in [6.45, 7) is 0. The van der Waals surface area contributed by atoms with Crippen LogP contribution in [-0.2, 0) is 6.42 Å². The van der Waals surface area contributed by atoms with Crippen molar-refractivity contribution in [3.05, 3.63) is 84.2 Å². The molecule has 1 aromatic heterocycles. The van der Waals surface area contributed by atoms with Crippen LogP contribution < -0.4 is 10.6 Å². The highest BCUT2D eigenvalue weighted by Crippen LogP contribution is 2.19. The van der Waals surface area contributed by atoms with Crippen LogP contribution in [-0.4, -0.2) is 16.4 Å². The Balaban J connectivity index is 1.58. The molecule has 126 valence electrons. The van der Waals surface area contributed by atoms with Gasteiger partial charge in [-0.25, -0.2) is 0 Å². The van der Waals surface area contributed by atoms with Crippen molar-refractivity contribution in [2.24, 2.45) is 0 Å². The molecule has 25 heavy (non-hydrogen) atoms. The Morgan fingerprint density at radius 1 is 0.920 bits per heavy atom. The van der Waals surface area contributed by atoms with Crippen molar-refractivity contribution < 1.29 is 0 Å². The van der Waals surface area contributed by atoms with E-state index in [4.69, 9.17) is 12.2 Å². The third-order valence-corrected chi connectivity index (χ3v) is 4.63. The van der Waals surface area contributed by atoms with Gasteiger partial charge in [-0.3, -0.25) is 4.98 Å². The third-order valence-electron chi connectivity index (χ3n) is 3.70. The predicted octanol–water partition coefficient (Wildman–Crippen LogP) is 5.20. The van der Waals surface area contributed by atoms with E-state index in [1.165, 1.54) is 16.0 Å². The first-order chi connectivity index (χ1) is 12.2. The molecular weight excluding hydrogens is 346 g/mol. The number of hydrogen-bond acceptors (Lipinski definition) is 3. The van der Waals surface area contributed by atoms with Gasteiger partial charge in [-0.1, -0.05) is 18.2 Å². The molecule has 0 fully saturated rings. The molecule has 0 spiro atoms. The van der Waals surface area contributed by atoms with E-state index in [0.717, 1.165) is 17.8 Å². The average Bonchev–Trinajstić information content (AvgIpc) is 2.64. The van der Waals surface area contributed by atoms with Crippen LogP contribution in [0.1, 0.15) is 11.1 Å². The summed E-state index contributed by atoms with van der Waals surface area (Å²) in [6, 6.07) is 20.6. The van der Waals surface area contributed by atoms with Gasteiger partial charge in [0.25, 0.3) is 0 Å². The van der Waals surface area contributed by atoms with Crippen molar-refractivity contribution in [1.29, 1.82) is 0 Å². The van der Waals surface area contributed by atoms with Crippen LogP contribution in [0.15, 0.2) is 78.0 Å². The fraction of sp³-hybridized carbons (Fsp3) is 0.100. The summed E-state index contributed by atoms with van der Waals surface area (Å²) in [5.41, 5.74) is 4.46. The topological polar surface area (TPSA) is 37.0 Å². The summed E-state index contributed by atoms with van der Waals surface area (Å²) in [5.74, 6) is 0. The number of thioether (sulfide) groups is 1. The molecule has 0 unspecified atom stereocenters. The zero-order valence-electron chi connectivity index (χ0n) is 13.9. The summed E-state index contributed by atoms with van der Waals surface area (Å²) < 4.78 is 0. The van der Waals surface area contributed by atoms with E-state index in [2.05, 4.69) is 46.1 Å². The van der Waals surface area contributed by atoms with Crippen LogP contribution in [0.25, 0.3) is 0 Å². The van der Waals surface area contributed by atoms with Gasteiger partial charge >= 0.3 is 0 Å². The second-order valence-electron chi connectivity index (χ2n) is 5.54. The van der Waals surface area contributed by atoms with Crippen LogP contribution in [0.2, 0.25) is 0 Å².